The van der Waals surface area contributed by atoms with Gasteiger partial charge in [-0.3, -0.25) is 4.79 Å². The Morgan fingerprint density at radius 3 is 2.58 bits per heavy atom. The van der Waals surface area contributed by atoms with Crippen LogP contribution < -0.4 is 5.32 Å². The fourth-order valence-electron chi connectivity index (χ4n) is 4.14. The largest absolute Gasteiger partial charge is 0.478 e. The second kappa shape index (κ2) is 5.20. The van der Waals surface area contributed by atoms with Gasteiger partial charge in [-0.2, -0.15) is 0 Å². The third kappa shape index (κ3) is 2.06. The molecule has 0 bridgehead atoms. The molecule has 2 aliphatic rings. The molecule has 2 aromatic carbocycles. The molecule has 2 N–H and O–H groups in total. The van der Waals surface area contributed by atoms with Gasteiger partial charge in [0.1, 0.15) is 0 Å². The fourth-order valence-corrected chi connectivity index (χ4v) is 4.14. The minimum Gasteiger partial charge on any atom is -0.478 e. The normalized spacial score (nSPS) is 17.8. The summed E-state index contributed by atoms with van der Waals surface area (Å²) in [5, 5.41) is 12.3. The summed E-state index contributed by atoms with van der Waals surface area (Å²) in [6.45, 7) is 1.96. The van der Waals surface area contributed by atoms with Crippen LogP contribution in [0, 0.1) is 6.92 Å². The van der Waals surface area contributed by atoms with Crippen molar-refractivity contribution in [2.24, 2.45) is 0 Å². The van der Waals surface area contributed by atoms with E-state index < -0.39 is 5.97 Å². The van der Waals surface area contributed by atoms with Crippen LogP contribution in [0.1, 0.15) is 47.2 Å². The van der Waals surface area contributed by atoms with Crippen LogP contribution in [0.3, 0.4) is 0 Å². The predicted octanol–water partition coefficient (Wildman–Crippen LogP) is 4.12. The monoisotopic (exact) mass is 321 g/mol. The zero-order valence-corrected chi connectivity index (χ0v) is 13.6. The molecule has 4 rings (SSSR count). The van der Waals surface area contributed by atoms with E-state index in [2.05, 4.69) is 5.32 Å². The minimum absolute atomic E-state index is 0.114. The molecule has 1 saturated carbocycles. The van der Waals surface area contributed by atoms with E-state index in [1.165, 1.54) is 0 Å². The summed E-state index contributed by atoms with van der Waals surface area (Å²) >= 11 is 0. The predicted molar refractivity (Wildman–Crippen MR) is 92.4 cm³/mol. The summed E-state index contributed by atoms with van der Waals surface area (Å²) in [7, 11) is 0. The van der Waals surface area contributed by atoms with Crippen LogP contribution in [0.2, 0.25) is 0 Å². The second-order valence-electron chi connectivity index (χ2n) is 6.84. The number of nitrogens with one attached hydrogen (secondary N) is 1. The van der Waals surface area contributed by atoms with Crippen molar-refractivity contribution in [1.82, 2.24) is 0 Å². The Balaban J connectivity index is 1.81. The third-order valence-corrected chi connectivity index (χ3v) is 5.47. The first-order valence-electron chi connectivity index (χ1n) is 8.32. The molecule has 0 aromatic heterocycles. The van der Waals surface area contributed by atoms with Gasteiger partial charge in [0.2, 0.25) is 5.91 Å². The lowest BCUT2D eigenvalue weighted by Gasteiger charge is -2.20. The lowest BCUT2D eigenvalue weighted by Crippen LogP contribution is -2.30. The van der Waals surface area contributed by atoms with Crippen molar-refractivity contribution >= 4 is 17.6 Å². The number of aromatic carboxylic acids is 1. The maximum absolute atomic E-state index is 12.5. The molecule has 0 saturated heterocycles. The number of carbonyl (C=O) groups excluding carboxylic acids is 1. The highest BCUT2D eigenvalue weighted by Gasteiger charge is 2.48. The average Bonchev–Trinajstić information content (AvgIpc) is 3.15. The first kappa shape index (κ1) is 14.9. The van der Waals surface area contributed by atoms with E-state index in [0.717, 1.165) is 53.6 Å². The number of benzene rings is 2. The van der Waals surface area contributed by atoms with E-state index in [9.17, 15) is 14.7 Å². The third-order valence-electron chi connectivity index (χ3n) is 5.47. The van der Waals surface area contributed by atoms with Crippen molar-refractivity contribution in [2.45, 2.75) is 38.0 Å². The smallest absolute Gasteiger partial charge is 0.335 e. The standard InChI is InChI=1S/C20H19NO3/c1-12-4-5-14(18(22)23)10-15(12)13-6-7-16-17(11-13)21-19(24)20(16)8-2-3-9-20/h4-7,10-11H,2-3,8-9H2,1H3,(H,21,24)(H,22,23). The SMILES string of the molecule is Cc1ccc(C(=O)O)cc1-c1ccc2c(c1)NC(=O)C21CCCC1. The number of hydrogen-bond donors (Lipinski definition) is 2. The minimum atomic E-state index is -0.935. The van der Waals surface area contributed by atoms with Crippen molar-refractivity contribution in [3.8, 4) is 11.1 Å². The summed E-state index contributed by atoms with van der Waals surface area (Å²) in [5.41, 5.74) is 4.74. The van der Waals surface area contributed by atoms with E-state index in [1.807, 2.05) is 31.2 Å². The van der Waals surface area contributed by atoms with E-state index in [4.69, 9.17) is 0 Å². The van der Waals surface area contributed by atoms with Gasteiger partial charge in [-0.15, -0.1) is 0 Å². The lowest BCUT2D eigenvalue weighted by molar-refractivity contribution is -0.120. The zero-order chi connectivity index (χ0) is 16.9. The van der Waals surface area contributed by atoms with Crippen LogP contribution in [0.15, 0.2) is 36.4 Å². The quantitative estimate of drug-likeness (QED) is 0.874. The number of fused-ring (bicyclic) bond motifs is 2. The fraction of sp³-hybridized carbons (Fsp3) is 0.300. The number of rotatable bonds is 2. The molecule has 0 radical (unpaired) electrons. The molecule has 1 amide bonds. The molecule has 0 atom stereocenters. The van der Waals surface area contributed by atoms with Crippen molar-refractivity contribution in [2.75, 3.05) is 5.32 Å². The first-order valence-corrected chi connectivity index (χ1v) is 8.32. The van der Waals surface area contributed by atoms with Crippen LogP contribution in [0.25, 0.3) is 11.1 Å². The topological polar surface area (TPSA) is 66.4 Å². The van der Waals surface area contributed by atoms with Gasteiger partial charge in [-0.05, 0) is 60.2 Å². The van der Waals surface area contributed by atoms with Gasteiger partial charge in [-0.1, -0.05) is 31.0 Å². The van der Waals surface area contributed by atoms with E-state index >= 15 is 0 Å². The van der Waals surface area contributed by atoms with Gasteiger partial charge in [0.25, 0.3) is 0 Å². The lowest BCUT2D eigenvalue weighted by atomic mass is 9.79. The van der Waals surface area contributed by atoms with E-state index in [0.29, 0.717) is 0 Å². The highest BCUT2D eigenvalue weighted by molar-refractivity contribution is 6.07. The van der Waals surface area contributed by atoms with E-state index in [-0.39, 0.29) is 16.9 Å². The average molecular weight is 321 g/mol. The number of carboxylic acids is 1. The first-order chi connectivity index (χ1) is 11.5. The Labute approximate surface area is 140 Å². The number of amides is 1. The van der Waals surface area contributed by atoms with Crippen LogP contribution >= 0.6 is 0 Å². The number of hydrogen-bond acceptors (Lipinski definition) is 2. The van der Waals surface area contributed by atoms with Crippen molar-refractivity contribution in [3.05, 3.63) is 53.1 Å². The molecule has 24 heavy (non-hydrogen) atoms. The zero-order valence-electron chi connectivity index (χ0n) is 13.6. The molecular weight excluding hydrogens is 302 g/mol. The highest BCUT2D eigenvalue weighted by Crippen LogP contribution is 2.49. The highest BCUT2D eigenvalue weighted by atomic mass is 16.4. The summed E-state index contributed by atoms with van der Waals surface area (Å²) in [4.78, 5) is 23.8. The summed E-state index contributed by atoms with van der Waals surface area (Å²) in [6, 6.07) is 11.2. The molecule has 2 aromatic rings. The Morgan fingerprint density at radius 2 is 1.88 bits per heavy atom. The molecule has 4 nitrogen and oxygen atoms in total. The van der Waals surface area contributed by atoms with E-state index in [1.54, 1.807) is 12.1 Å². The summed E-state index contributed by atoms with van der Waals surface area (Å²) in [6.07, 6.45) is 4.01. The number of aryl methyl sites for hydroxylation is 1. The molecule has 1 spiro atoms. The Bertz CT molecular complexity index is 863. The second-order valence-corrected chi connectivity index (χ2v) is 6.84. The van der Waals surface area contributed by atoms with Crippen molar-refractivity contribution in [1.29, 1.82) is 0 Å². The molecule has 4 heteroatoms. The molecule has 1 fully saturated rings. The Kier molecular flexibility index (Phi) is 3.23. The number of anilines is 1. The van der Waals surface area contributed by atoms with Crippen LogP contribution in [0.5, 0.6) is 0 Å². The number of carboxylic acid groups (broad SMARTS) is 1. The van der Waals surface area contributed by atoms with Crippen molar-refractivity contribution < 1.29 is 14.7 Å². The maximum atomic E-state index is 12.5. The Hall–Kier alpha value is -2.62. The van der Waals surface area contributed by atoms with Gasteiger partial charge in [0.05, 0.1) is 11.0 Å². The van der Waals surface area contributed by atoms with Crippen LogP contribution in [-0.2, 0) is 10.2 Å². The van der Waals surface area contributed by atoms with Gasteiger partial charge in [0, 0.05) is 5.69 Å². The molecule has 122 valence electrons. The van der Waals surface area contributed by atoms with Crippen LogP contribution in [-0.4, -0.2) is 17.0 Å². The molecule has 1 heterocycles. The summed E-state index contributed by atoms with van der Waals surface area (Å²) in [5.74, 6) is -0.821. The molecular formula is C20H19NO3. The van der Waals surface area contributed by atoms with Gasteiger partial charge in [0.15, 0.2) is 0 Å². The number of carbonyl (C=O) groups is 2. The van der Waals surface area contributed by atoms with Gasteiger partial charge >= 0.3 is 5.97 Å². The molecule has 0 unspecified atom stereocenters. The molecule has 1 aliphatic heterocycles. The van der Waals surface area contributed by atoms with Crippen LogP contribution in [0.4, 0.5) is 5.69 Å². The van der Waals surface area contributed by atoms with Crippen molar-refractivity contribution in [3.63, 3.8) is 0 Å². The van der Waals surface area contributed by atoms with Gasteiger partial charge < -0.3 is 10.4 Å². The summed E-state index contributed by atoms with van der Waals surface area (Å²) < 4.78 is 0. The maximum Gasteiger partial charge on any atom is 0.335 e. The molecule has 1 aliphatic carbocycles. The Morgan fingerprint density at radius 1 is 1.12 bits per heavy atom. The van der Waals surface area contributed by atoms with Gasteiger partial charge in [-0.25, -0.2) is 4.79 Å².